The summed E-state index contributed by atoms with van der Waals surface area (Å²) in [7, 11) is 1.89. The number of likely N-dealkylation sites (N-methyl/N-ethyl adjacent to an activating group) is 1. The van der Waals surface area contributed by atoms with E-state index in [2.05, 4.69) is 6.92 Å². The Morgan fingerprint density at radius 3 is 2.50 bits per heavy atom. The van der Waals surface area contributed by atoms with Crippen LogP contribution in [0.25, 0.3) is 0 Å². The van der Waals surface area contributed by atoms with Crippen LogP contribution >= 0.6 is 0 Å². The van der Waals surface area contributed by atoms with Crippen molar-refractivity contribution in [2.45, 2.75) is 52.0 Å². The predicted molar refractivity (Wildman–Crippen MR) is 67.0 cm³/mol. The van der Waals surface area contributed by atoms with E-state index in [-0.39, 0.29) is 17.9 Å². The molecule has 0 saturated heterocycles. The second-order valence-corrected chi connectivity index (χ2v) is 5.28. The van der Waals surface area contributed by atoms with Crippen molar-refractivity contribution in [3.05, 3.63) is 0 Å². The van der Waals surface area contributed by atoms with Crippen LogP contribution < -0.4 is 5.73 Å². The molecule has 1 rings (SSSR count). The Labute approximate surface area is 99.4 Å². The van der Waals surface area contributed by atoms with Gasteiger partial charge in [0, 0.05) is 13.6 Å². The summed E-state index contributed by atoms with van der Waals surface area (Å²) in [5, 5.41) is 0. The van der Waals surface area contributed by atoms with E-state index in [4.69, 9.17) is 5.73 Å². The molecule has 0 radical (unpaired) electrons. The van der Waals surface area contributed by atoms with Crippen LogP contribution in [-0.4, -0.2) is 30.4 Å². The first kappa shape index (κ1) is 13.5. The lowest BCUT2D eigenvalue weighted by molar-refractivity contribution is -0.133. The summed E-state index contributed by atoms with van der Waals surface area (Å²) in [6.07, 6.45) is 6.16. The highest BCUT2D eigenvalue weighted by Gasteiger charge is 2.25. The third-order valence-corrected chi connectivity index (χ3v) is 3.93. The van der Waals surface area contributed by atoms with Gasteiger partial charge >= 0.3 is 0 Å². The highest BCUT2D eigenvalue weighted by Crippen LogP contribution is 2.25. The van der Waals surface area contributed by atoms with Crippen LogP contribution in [0.15, 0.2) is 0 Å². The van der Waals surface area contributed by atoms with E-state index < -0.39 is 0 Å². The number of nitrogens with zero attached hydrogens (tertiary/aromatic N) is 1. The summed E-state index contributed by atoms with van der Waals surface area (Å²) in [6, 6.07) is -0.323. The highest BCUT2D eigenvalue weighted by molar-refractivity contribution is 5.81. The SMILES string of the molecule is CCC(C)[C@H](N)C(=O)N(C)CC1CCCC1. The van der Waals surface area contributed by atoms with Crippen molar-refractivity contribution in [2.75, 3.05) is 13.6 Å². The van der Waals surface area contributed by atoms with E-state index in [1.54, 1.807) is 0 Å². The van der Waals surface area contributed by atoms with Crippen LogP contribution in [0.3, 0.4) is 0 Å². The number of carbonyl (C=O) groups is 1. The van der Waals surface area contributed by atoms with Gasteiger partial charge in [0.15, 0.2) is 0 Å². The van der Waals surface area contributed by atoms with Crippen molar-refractivity contribution in [3.63, 3.8) is 0 Å². The van der Waals surface area contributed by atoms with Crippen LogP contribution in [0.1, 0.15) is 46.0 Å². The van der Waals surface area contributed by atoms with E-state index >= 15 is 0 Å². The summed E-state index contributed by atoms with van der Waals surface area (Å²) in [4.78, 5) is 13.9. The Balaban J connectivity index is 2.39. The molecule has 0 heterocycles. The van der Waals surface area contributed by atoms with Crippen LogP contribution in [0.4, 0.5) is 0 Å². The molecule has 0 aliphatic heterocycles. The lowest BCUT2D eigenvalue weighted by Crippen LogP contribution is -2.46. The molecular formula is C13H26N2O. The first-order valence-corrected chi connectivity index (χ1v) is 6.56. The smallest absolute Gasteiger partial charge is 0.239 e. The molecule has 1 aliphatic carbocycles. The van der Waals surface area contributed by atoms with Crippen LogP contribution in [0, 0.1) is 11.8 Å². The van der Waals surface area contributed by atoms with Gasteiger partial charge < -0.3 is 10.6 Å². The minimum Gasteiger partial charge on any atom is -0.344 e. The summed E-state index contributed by atoms with van der Waals surface area (Å²) < 4.78 is 0. The van der Waals surface area contributed by atoms with Gasteiger partial charge in [-0.1, -0.05) is 33.1 Å². The summed E-state index contributed by atoms with van der Waals surface area (Å²) >= 11 is 0. The lowest BCUT2D eigenvalue weighted by atomic mass is 9.98. The minimum absolute atomic E-state index is 0.112. The Kier molecular flexibility index (Phi) is 5.26. The molecule has 16 heavy (non-hydrogen) atoms. The van der Waals surface area contributed by atoms with Gasteiger partial charge in [0.1, 0.15) is 0 Å². The number of rotatable bonds is 5. The Morgan fingerprint density at radius 2 is 2.00 bits per heavy atom. The molecule has 1 amide bonds. The Hall–Kier alpha value is -0.570. The van der Waals surface area contributed by atoms with Gasteiger partial charge in [-0.2, -0.15) is 0 Å². The van der Waals surface area contributed by atoms with Gasteiger partial charge in [0.05, 0.1) is 6.04 Å². The van der Waals surface area contributed by atoms with Crippen LogP contribution in [0.5, 0.6) is 0 Å². The fourth-order valence-corrected chi connectivity index (χ4v) is 2.42. The van der Waals surface area contributed by atoms with Crippen LogP contribution in [0.2, 0.25) is 0 Å². The van der Waals surface area contributed by atoms with E-state index in [0.29, 0.717) is 5.92 Å². The zero-order chi connectivity index (χ0) is 12.1. The molecular weight excluding hydrogens is 200 g/mol. The molecule has 0 aromatic heterocycles. The fraction of sp³-hybridized carbons (Fsp3) is 0.923. The van der Waals surface area contributed by atoms with Crippen LogP contribution in [-0.2, 0) is 4.79 Å². The molecule has 1 aliphatic rings. The second kappa shape index (κ2) is 6.24. The summed E-state index contributed by atoms with van der Waals surface area (Å²) in [5.41, 5.74) is 5.96. The maximum atomic E-state index is 12.0. The molecule has 0 aromatic carbocycles. The van der Waals surface area contributed by atoms with Crippen molar-refractivity contribution in [1.82, 2.24) is 4.90 Å². The number of amides is 1. The number of carbonyl (C=O) groups excluding carboxylic acids is 1. The zero-order valence-electron chi connectivity index (χ0n) is 10.9. The molecule has 0 aromatic rings. The quantitative estimate of drug-likeness (QED) is 0.779. The molecule has 2 atom stereocenters. The third kappa shape index (κ3) is 3.48. The fourth-order valence-electron chi connectivity index (χ4n) is 2.42. The predicted octanol–water partition coefficient (Wildman–Crippen LogP) is 2.01. The second-order valence-electron chi connectivity index (χ2n) is 5.28. The standard InChI is InChI=1S/C13H26N2O/c1-4-10(2)12(14)13(16)15(3)9-11-7-5-6-8-11/h10-12H,4-9,14H2,1-3H3/t10?,12-/m0/s1. The summed E-state index contributed by atoms with van der Waals surface area (Å²) in [5.74, 6) is 1.10. The minimum atomic E-state index is -0.323. The zero-order valence-corrected chi connectivity index (χ0v) is 10.9. The molecule has 1 unspecified atom stereocenters. The maximum absolute atomic E-state index is 12.0. The molecule has 0 spiro atoms. The van der Waals surface area contributed by atoms with Gasteiger partial charge in [0.2, 0.25) is 5.91 Å². The maximum Gasteiger partial charge on any atom is 0.239 e. The summed E-state index contributed by atoms with van der Waals surface area (Å²) in [6.45, 7) is 5.02. The molecule has 0 bridgehead atoms. The first-order chi connectivity index (χ1) is 7.56. The molecule has 3 heteroatoms. The van der Waals surface area contributed by atoms with Gasteiger partial charge in [-0.05, 0) is 24.7 Å². The van der Waals surface area contributed by atoms with Crippen molar-refractivity contribution < 1.29 is 4.79 Å². The lowest BCUT2D eigenvalue weighted by Gasteiger charge is -2.26. The normalized spacial score (nSPS) is 20.8. The first-order valence-electron chi connectivity index (χ1n) is 6.56. The van der Waals surface area contributed by atoms with E-state index in [1.807, 2.05) is 18.9 Å². The van der Waals surface area contributed by atoms with E-state index in [1.165, 1.54) is 25.7 Å². The van der Waals surface area contributed by atoms with Gasteiger partial charge in [-0.15, -0.1) is 0 Å². The Bertz CT molecular complexity index is 224. The molecule has 94 valence electrons. The van der Waals surface area contributed by atoms with Crippen molar-refractivity contribution >= 4 is 5.91 Å². The van der Waals surface area contributed by atoms with Crippen molar-refractivity contribution in [3.8, 4) is 0 Å². The average molecular weight is 226 g/mol. The van der Waals surface area contributed by atoms with E-state index in [0.717, 1.165) is 13.0 Å². The monoisotopic (exact) mass is 226 g/mol. The third-order valence-electron chi connectivity index (χ3n) is 3.93. The number of hydrogen-bond acceptors (Lipinski definition) is 2. The van der Waals surface area contributed by atoms with Crippen molar-refractivity contribution in [2.24, 2.45) is 17.6 Å². The number of hydrogen-bond donors (Lipinski definition) is 1. The molecule has 3 nitrogen and oxygen atoms in total. The largest absolute Gasteiger partial charge is 0.344 e. The van der Waals surface area contributed by atoms with Gasteiger partial charge in [-0.25, -0.2) is 0 Å². The number of nitrogens with two attached hydrogens (primary N) is 1. The topological polar surface area (TPSA) is 46.3 Å². The van der Waals surface area contributed by atoms with Crippen molar-refractivity contribution in [1.29, 1.82) is 0 Å². The highest BCUT2D eigenvalue weighted by atomic mass is 16.2. The Morgan fingerprint density at radius 1 is 1.44 bits per heavy atom. The van der Waals surface area contributed by atoms with E-state index in [9.17, 15) is 4.79 Å². The molecule has 2 N–H and O–H groups in total. The van der Waals surface area contributed by atoms with Gasteiger partial charge in [-0.3, -0.25) is 4.79 Å². The molecule has 1 saturated carbocycles. The molecule has 1 fully saturated rings. The average Bonchev–Trinajstić information content (AvgIpc) is 2.78. The van der Waals surface area contributed by atoms with Gasteiger partial charge in [0.25, 0.3) is 0 Å².